The first kappa shape index (κ1) is 27.9. The number of para-hydroxylation sites is 1. The molecule has 2 amide bonds. The fourth-order valence-corrected chi connectivity index (χ4v) is 4.65. The van der Waals surface area contributed by atoms with Gasteiger partial charge in [-0.25, -0.2) is 4.31 Å². The Morgan fingerprint density at radius 2 is 1.71 bits per heavy atom. The van der Waals surface area contributed by atoms with Crippen molar-refractivity contribution in [1.29, 1.82) is 0 Å². The smallest absolute Gasteiger partial charge is 0.304 e. The van der Waals surface area contributed by atoms with Gasteiger partial charge in [-0.1, -0.05) is 54.4 Å². The van der Waals surface area contributed by atoms with Crippen molar-refractivity contribution in [1.82, 2.24) is 14.5 Å². The molecular weight excluding hydrogens is 499 g/mol. The number of nitrogens with one attached hydrogen (secondary N) is 1. The van der Waals surface area contributed by atoms with E-state index in [1.54, 1.807) is 55.5 Å². The van der Waals surface area contributed by atoms with Gasteiger partial charge >= 0.3 is 10.2 Å². The summed E-state index contributed by atoms with van der Waals surface area (Å²) in [4.78, 5) is 27.6. The number of halogens is 2. The Bertz CT molecular complexity index is 1100. The average molecular weight is 529 g/mol. The predicted octanol–water partition coefficient (Wildman–Crippen LogP) is 3.55. The minimum atomic E-state index is -3.99. The molecule has 0 aliphatic rings. The summed E-state index contributed by atoms with van der Waals surface area (Å²) >= 11 is 12.3. The van der Waals surface area contributed by atoms with Crippen LogP contribution in [0.2, 0.25) is 10.0 Å². The van der Waals surface area contributed by atoms with Crippen LogP contribution in [0.25, 0.3) is 0 Å². The van der Waals surface area contributed by atoms with E-state index in [4.69, 9.17) is 23.2 Å². The lowest BCUT2D eigenvalue weighted by molar-refractivity contribution is -0.139. The van der Waals surface area contributed by atoms with E-state index in [2.05, 4.69) is 5.32 Å². The molecule has 0 aliphatic carbocycles. The zero-order valence-electron chi connectivity index (χ0n) is 19.7. The first-order chi connectivity index (χ1) is 16.0. The highest BCUT2D eigenvalue weighted by atomic mass is 35.5. The highest BCUT2D eigenvalue weighted by Crippen LogP contribution is 2.24. The number of hydrogen-bond donors (Lipinski definition) is 1. The summed E-state index contributed by atoms with van der Waals surface area (Å²) in [6.45, 7) is 3.48. The van der Waals surface area contributed by atoms with E-state index in [9.17, 15) is 18.0 Å². The summed E-state index contributed by atoms with van der Waals surface area (Å²) in [5.74, 6) is -0.901. The van der Waals surface area contributed by atoms with Gasteiger partial charge in [0.2, 0.25) is 11.8 Å². The van der Waals surface area contributed by atoms with Gasteiger partial charge in [0.1, 0.15) is 12.6 Å². The molecule has 1 atom stereocenters. The fraction of sp³-hybridized carbons (Fsp3) is 0.391. The Labute approximate surface area is 211 Å². The third kappa shape index (κ3) is 7.09. The lowest BCUT2D eigenvalue weighted by Crippen LogP contribution is -2.52. The number of nitrogens with zero attached hydrogens (tertiary/aromatic N) is 3. The zero-order chi connectivity index (χ0) is 25.5. The molecule has 11 heteroatoms. The summed E-state index contributed by atoms with van der Waals surface area (Å²) in [5.41, 5.74) is 0.911. The van der Waals surface area contributed by atoms with Gasteiger partial charge in [0.25, 0.3) is 0 Å². The Hall–Kier alpha value is -2.33. The molecule has 2 rings (SSSR count). The Balaban J connectivity index is 2.44. The Morgan fingerprint density at radius 1 is 1.06 bits per heavy atom. The van der Waals surface area contributed by atoms with Gasteiger partial charge in [-0.05, 0) is 43.2 Å². The minimum absolute atomic E-state index is 0.000187. The largest absolute Gasteiger partial charge is 0.354 e. The maximum atomic E-state index is 13.6. The van der Waals surface area contributed by atoms with Gasteiger partial charge in [-0.2, -0.15) is 12.7 Å². The molecule has 1 N–H and O–H groups in total. The van der Waals surface area contributed by atoms with Crippen LogP contribution in [0.15, 0.2) is 48.5 Å². The SMILES string of the molecule is CCCNC(=O)[C@H](C)N(Cc1ccc(Cl)cc1Cl)C(=O)CN(c1ccccc1)S(=O)(=O)N(C)C. The van der Waals surface area contributed by atoms with Gasteiger partial charge in [-0.15, -0.1) is 0 Å². The number of carbonyl (C=O) groups excluding carboxylic acids is 2. The van der Waals surface area contributed by atoms with Crippen LogP contribution in [-0.2, 0) is 26.3 Å². The molecule has 0 saturated heterocycles. The molecule has 0 radical (unpaired) electrons. The first-order valence-corrected chi connectivity index (χ1v) is 12.9. The summed E-state index contributed by atoms with van der Waals surface area (Å²) in [7, 11) is -1.21. The van der Waals surface area contributed by atoms with Crippen LogP contribution in [-0.4, -0.2) is 62.7 Å². The molecule has 186 valence electrons. The monoisotopic (exact) mass is 528 g/mol. The molecule has 0 saturated carbocycles. The van der Waals surface area contributed by atoms with Gasteiger partial charge in [0.05, 0.1) is 5.69 Å². The van der Waals surface area contributed by atoms with Crippen LogP contribution >= 0.6 is 23.2 Å². The van der Waals surface area contributed by atoms with Gasteiger partial charge in [0, 0.05) is 37.2 Å². The topological polar surface area (TPSA) is 90.0 Å². The lowest BCUT2D eigenvalue weighted by Gasteiger charge is -2.33. The third-order valence-corrected chi connectivity index (χ3v) is 7.54. The first-order valence-electron chi connectivity index (χ1n) is 10.7. The molecule has 34 heavy (non-hydrogen) atoms. The molecule has 0 fully saturated rings. The number of anilines is 1. The summed E-state index contributed by atoms with van der Waals surface area (Å²) in [6, 6.07) is 12.3. The molecule has 0 aromatic heterocycles. The average Bonchev–Trinajstić information content (AvgIpc) is 2.80. The van der Waals surface area contributed by atoms with Crippen LogP contribution in [0, 0.1) is 0 Å². The molecule has 2 aromatic rings. The van der Waals surface area contributed by atoms with E-state index in [1.807, 2.05) is 6.92 Å². The standard InChI is InChI=1S/C23H30Cl2N4O4S/c1-5-13-26-23(31)17(2)28(15-18-11-12-19(24)14-21(18)25)22(30)16-29(34(32,33)27(3)4)20-9-7-6-8-10-20/h6-12,14,17H,5,13,15-16H2,1-4H3,(H,26,31)/t17-/m0/s1. The number of hydrogen-bond acceptors (Lipinski definition) is 4. The van der Waals surface area contributed by atoms with Gasteiger partial charge in [-0.3, -0.25) is 9.59 Å². The zero-order valence-corrected chi connectivity index (χ0v) is 22.0. The van der Waals surface area contributed by atoms with Crippen molar-refractivity contribution >= 4 is 50.9 Å². The van der Waals surface area contributed by atoms with Crippen molar-refractivity contribution in [3.8, 4) is 0 Å². The summed E-state index contributed by atoms with van der Waals surface area (Å²) < 4.78 is 28.1. The number of carbonyl (C=O) groups is 2. The highest BCUT2D eigenvalue weighted by molar-refractivity contribution is 7.90. The van der Waals surface area contributed by atoms with E-state index < -0.39 is 28.7 Å². The number of rotatable bonds is 11. The third-order valence-electron chi connectivity index (χ3n) is 5.14. The molecule has 2 aromatic carbocycles. The maximum Gasteiger partial charge on any atom is 0.304 e. The van der Waals surface area contributed by atoms with Crippen LogP contribution in [0.4, 0.5) is 5.69 Å². The van der Waals surface area contributed by atoms with Crippen molar-refractivity contribution in [3.63, 3.8) is 0 Å². The van der Waals surface area contributed by atoms with E-state index in [0.29, 0.717) is 27.8 Å². The van der Waals surface area contributed by atoms with Gasteiger partial charge in [0.15, 0.2) is 0 Å². The molecule has 0 bridgehead atoms. The molecule has 8 nitrogen and oxygen atoms in total. The van der Waals surface area contributed by atoms with Gasteiger partial charge < -0.3 is 10.2 Å². The molecule has 0 unspecified atom stereocenters. The predicted molar refractivity (Wildman–Crippen MR) is 136 cm³/mol. The highest BCUT2D eigenvalue weighted by Gasteiger charge is 2.32. The number of amides is 2. The lowest BCUT2D eigenvalue weighted by atomic mass is 10.1. The van der Waals surface area contributed by atoms with Crippen LogP contribution < -0.4 is 9.62 Å². The van der Waals surface area contributed by atoms with Crippen molar-refractivity contribution in [3.05, 3.63) is 64.1 Å². The molecule has 0 aliphatic heterocycles. The second-order valence-electron chi connectivity index (χ2n) is 7.86. The second kappa shape index (κ2) is 12.4. The molecule has 0 spiro atoms. The van der Waals surface area contributed by atoms with Crippen molar-refractivity contribution in [2.75, 3.05) is 31.5 Å². The molecule has 0 heterocycles. The normalized spacial score (nSPS) is 12.3. The van der Waals surface area contributed by atoms with E-state index >= 15 is 0 Å². The summed E-state index contributed by atoms with van der Waals surface area (Å²) in [5, 5.41) is 3.56. The van der Waals surface area contributed by atoms with Crippen LogP contribution in [0.3, 0.4) is 0 Å². The maximum absolute atomic E-state index is 13.6. The quantitative estimate of drug-likeness (QED) is 0.482. The number of benzene rings is 2. The molecular formula is C23H30Cl2N4O4S. The van der Waals surface area contributed by atoms with Crippen molar-refractivity contribution < 1.29 is 18.0 Å². The fourth-order valence-electron chi connectivity index (χ4n) is 3.12. The second-order valence-corrected chi connectivity index (χ2v) is 10.8. The Morgan fingerprint density at radius 3 is 2.26 bits per heavy atom. The van der Waals surface area contributed by atoms with Crippen molar-refractivity contribution in [2.24, 2.45) is 0 Å². The van der Waals surface area contributed by atoms with Crippen LogP contribution in [0.1, 0.15) is 25.8 Å². The van der Waals surface area contributed by atoms with E-state index in [0.717, 1.165) is 15.0 Å². The summed E-state index contributed by atoms with van der Waals surface area (Å²) in [6.07, 6.45) is 0.734. The van der Waals surface area contributed by atoms with Crippen molar-refractivity contribution in [2.45, 2.75) is 32.9 Å². The van der Waals surface area contributed by atoms with Crippen LogP contribution in [0.5, 0.6) is 0 Å². The Kier molecular flexibility index (Phi) is 10.2. The van der Waals surface area contributed by atoms with E-state index in [-0.39, 0.29) is 12.5 Å². The minimum Gasteiger partial charge on any atom is -0.354 e. The van der Waals surface area contributed by atoms with E-state index in [1.165, 1.54) is 19.0 Å².